The first-order valence-corrected chi connectivity index (χ1v) is 14.1. The molecule has 0 bridgehead atoms. The predicted octanol–water partition coefficient (Wildman–Crippen LogP) is 7.37. The highest BCUT2D eigenvalue weighted by atomic mass is 79.9. The number of rotatable bonds is 9. The lowest BCUT2D eigenvalue weighted by atomic mass is 10.1. The molecule has 0 spiro atoms. The Balaban J connectivity index is 1.50. The Labute approximate surface area is 244 Å². The van der Waals surface area contributed by atoms with Crippen LogP contribution < -0.4 is 14.8 Å². The third-order valence-electron chi connectivity index (χ3n) is 5.85. The number of thioether (sulfide) groups is 1. The summed E-state index contributed by atoms with van der Waals surface area (Å²) in [4.78, 5) is 39.5. The van der Waals surface area contributed by atoms with E-state index in [1.807, 2.05) is 51.1 Å². The zero-order valence-electron chi connectivity index (χ0n) is 21.5. The van der Waals surface area contributed by atoms with E-state index in [-0.39, 0.29) is 11.4 Å². The van der Waals surface area contributed by atoms with Crippen molar-refractivity contribution in [3.05, 3.63) is 91.3 Å². The molecule has 1 aliphatic heterocycles. The lowest BCUT2D eigenvalue weighted by molar-refractivity contribution is -0.127. The highest BCUT2D eigenvalue weighted by molar-refractivity contribution is 9.10. The molecule has 1 aliphatic rings. The summed E-state index contributed by atoms with van der Waals surface area (Å²) in [6.45, 7) is 5.96. The molecule has 4 rings (SSSR count). The molecule has 0 aromatic heterocycles. The van der Waals surface area contributed by atoms with Crippen molar-refractivity contribution >= 4 is 68.1 Å². The van der Waals surface area contributed by atoms with E-state index < -0.39 is 17.1 Å². The normalized spacial score (nSPS) is 14.2. The van der Waals surface area contributed by atoms with Gasteiger partial charge in [0.15, 0.2) is 11.5 Å². The molecule has 3 aromatic carbocycles. The van der Waals surface area contributed by atoms with E-state index in [1.165, 1.54) is 0 Å². The predicted molar refractivity (Wildman–Crippen MR) is 158 cm³/mol. The summed E-state index contributed by atoms with van der Waals surface area (Å²) in [6, 6.07) is 16.5. The van der Waals surface area contributed by atoms with Crippen molar-refractivity contribution < 1.29 is 23.9 Å². The van der Waals surface area contributed by atoms with Gasteiger partial charge in [0.25, 0.3) is 11.1 Å². The molecule has 39 heavy (non-hydrogen) atoms. The van der Waals surface area contributed by atoms with Gasteiger partial charge in [-0.3, -0.25) is 19.3 Å². The average Bonchev–Trinajstić information content (AvgIpc) is 3.14. The topological polar surface area (TPSA) is 84.9 Å². The number of aryl methyl sites for hydroxylation is 2. The number of amides is 3. The maximum Gasteiger partial charge on any atom is 0.294 e. The second-order valence-corrected chi connectivity index (χ2v) is 11.0. The number of hydrogen-bond donors (Lipinski definition) is 1. The molecule has 3 aromatic rings. The number of nitrogens with one attached hydrogen (secondary N) is 1. The van der Waals surface area contributed by atoms with Crippen molar-refractivity contribution in [2.75, 3.05) is 18.5 Å². The van der Waals surface area contributed by atoms with E-state index in [0.717, 1.165) is 33.4 Å². The van der Waals surface area contributed by atoms with Gasteiger partial charge >= 0.3 is 0 Å². The SMILES string of the molecule is CCOc1cc(/C=C2/SC(=O)N(CC(=O)Nc3c(C)cccc3C)C2=O)cc(Br)c1OCc1ccc(Cl)cc1. The van der Waals surface area contributed by atoms with Gasteiger partial charge in [-0.25, -0.2) is 0 Å². The third-order valence-corrected chi connectivity index (χ3v) is 7.60. The molecule has 1 N–H and O–H groups in total. The highest BCUT2D eigenvalue weighted by Crippen LogP contribution is 2.40. The van der Waals surface area contributed by atoms with E-state index in [0.29, 0.717) is 45.5 Å². The maximum atomic E-state index is 13.0. The van der Waals surface area contributed by atoms with Crippen molar-refractivity contribution in [3.8, 4) is 11.5 Å². The largest absolute Gasteiger partial charge is 0.490 e. The van der Waals surface area contributed by atoms with Gasteiger partial charge in [0.05, 0.1) is 16.0 Å². The molecule has 7 nitrogen and oxygen atoms in total. The number of benzene rings is 3. The minimum Gasteiger partial charge on any atom is -0.490 e. The van der Waals surface area contributed by atoms with E-state index in [2.05, 4.69) is 21.2 Å². The number of anilines is 1. The van der Waals surface area contributed by atoms with Gasteiger partial charge in [0.1, 0.15) is 13.2 Å². The monoisotopic (exact) mass is 628 g/mol. The maximum absolute atomic E-state index is 13.0. The van der Waals surface area contributed by atoms with Gasteiger partial charge in [0, 0.05) is 10.7 Å². The molecule has 1 fully saturated rings. The van der Waals surface area contributed by atoms with Crippen LogP contribution in [0, 0.1) is 13.8 Å². The summed E-state index contributed by atoms with van der Waals surface area (Å²) < 4.78 is 12.4. The molecule has 0 radical (unpaired) electrons. The van der Waals surface area contributed by atoms with E-state index in [9.17, 15) is 14.4 Å². The molecule has 0 saturated carbocycles. The standard InChI is InChI=1S/C29H26BrClN2O5S/c1-4-37-23-13-20(12-22(30)27(23)38-16-19-8-10-21(31)11-9-19)14-24-28(35)33(29(36)39-24)15-25(34)32-26-17(2)6-5-7-18(26)3/h5-14H,4,15-16H2,1-3H3,(H,32,34)/b24-14+. The van der Waals surface area contributed by atoms with E-state index in [4.69, 9.17) is 21.1 Å². The first-order chi connectivity index (χ1) is 18.7. The van der Waals surface area contributed by atoms with Gasteiger partial charge in [-0.05, 0) is 101 Å². The van der Waals surface area contributed by atoms with Crippen molar-refractivity contribution in [2.45, 2.75) is 27.4 Å². The minimum atomic E-state index is -0.529. The first kappa shape index (κ1) is 28.7. The summed E-state index contributed by atoms with van der Waals surface area (Å²) in [5.41, 5.74) is 4.04. The zero-order valence-corrected chi connectivity index (χ0v) is 24.7. The van der Waals surface area contributed by atoms with Crippen LogP contribution in [0.5, 0.6) is 11.5 Å². The lowest BCUT2D eigenvalue weighted by Crippen LogP contribution is -2.36. The second kappa shape index (κ2) is 12.7. The van der Waals surface area contributed by atoms with Crippen LogP contribution in [0.1, 0.15) is 29.2 Å². The van der Waals surface area contributed by atoms with Crippen LogP contribution in [-0.2, 0) is 16.2 Å². The van der Waals surface area contributed by atoms with Crippen LogP contribution in [0.25, 0.3) is 6.08 Å². The number of para-hydroxylation sites is 1. The van der Waals surface area contributed by atoms with Gasteiger partial charge < -0.3 is 14.8 Å². The molecule has 10 heteroatoms. The summed E-state index contributed by atoms with van der Waals surface area (Å²) in [5.74, 6) is 0.0258. The number of imide groups is 1. The molecule has 0 atom stereocenters. The Bertz CT molecular complexity index is 1440. The average molecular weight is 630 g/mol. The van der Waals surface area contributed by atoms with Crippen molar-refractivity contribution in [1.29, 1.82) is 0 Å². The fourth-order valence-corrected chi connectivity index (χ4v) is 5.47. The summed E-state index contributed by atoms with van der Waals surface area (Å²) in [5, 5.41) is 2.96. The fourth-order valence-electron chi connectivity index (χ4n) is 3.93. The number of carbonyl (C=O) groups excluding carboxylic acids is 3. The summed E-state index contributed by atoms with van der Waals surface area (Å²) in [7, 11) is 0. The summed E-state index contributed by atoms with van der Waals surface area (Å²) in [6.07, 6.45) is 1.60. The first-order valence-electron chi connectivity index (χ1n) is 12.1. The van der Waals surface area contributed by atoms with E-state index in [1.54, 1.807) is 30.3 Å². The minimum absolute atomic E-state index is 0.212. The van der Waals surface area contributed by atoms with Crippen LogP contribution in [0.3, 0.4) is 0 Å². The number of hydrogen-bond acceptors (Lipinski definition) is 6. The molecule has 1 saturated heterocycles. The van der Waals surface area contributed by atoms with Crippen LogP contribution in [-0.4, -0.2) is 35.1 Å². The van der Waals surface area contributed by atoms with E-state index >= 15 is 0 Å². The third kappa shape index (κ3) is 7.03. The van der Waals surface area contributed by atoms with Gasteiger partial charge in [-0.2, -0.15) is 0 Å². The lowest BCUT2D eigenvalue weighted by Gasteiger charge is -2.15. The molecule has 0 unspecified atom stereocenters. The molecular weight excluding hydrogens is 604 g/mol. The Hall–Kier alpha value is -3.27. The van der Waals surface area contributed by atoms with Crippen molar-refractivity contribution in [3.63, 3.8) is 0 Å². The Morgan fingerprint density at radius 3 is 2.44 bits per heavy atom. The van der Waals surface area contributed by atoms with Gasteiger partial charge in [-0.1, -0.05) is 41.9 Å². The van der Waals surface area contributed by atoms with Crippen molar-refractivity contribution in [2.24, 2.45) is 0 Å². The number of ether oxygens (including phenoxy) is 2. The van der Waals surface area contributed by atoms with Crippen LogP contribution in [0.2, 0.25) is 5.02 Å². The summed E-state index contributed by atoms with van der Waals surface area (Å²) >= 11 is 10.3. The molecular formula is C29H26BrClN2O5S. The van der Waals surface area contributed by atoms with Gasteiger partial charge in [0.2, 0.25) is 5.91 Å². The Morgan fingerprint density at radius 2 is 1.77 bits per heavy atom. The highest BCUT2D eigenvalue weighted by Gasteiger charge is 2.36. The Kier molecular flexibility index (Phi) is 9.37. The molecule has 0 aliphatic carbocycles. The van der Waals surface area contributed by atoms with Gasteiger partial charge in [-0.15, -0.1) is 0 Å². The number of halogens is 2. The molecule has 3 amide bonds. The van der Waals surface area contributed by atoms with Crippen LogP contribution >= 0.6 is 39.3 Å². The Morgan fingerprint density at radius 1 is 1.08 bits per heavy atom. The zero-order chi connectivity index (χ0) is 28.1. The van der Waals surface area contributed by atoms with Crippen LogP contribution in [0.15, 0.2) is 64.0 Å². The number of nitrogens with zero attached hydrogens (tertiary/aromatic N) is 1. The molecule has 202 valence electrons. The number of carbonyl (C=O) groups is 3. The van der Waals surface area contributed by atoms with Crippen LogP contribution in [0.4, 0.5) is 10.5 Å². The van der Waals surface area contributed by atoms with Crippen molar-refractivity contribution in [1.82, 2.24) is 4.90 Å². The second-order valence-electron chi connectivity index (χ2n) is 8.76. The quantitative estimate of drug-likeness (QED) is 0.249. The smallest absolute Gasteiger partial charge is 0.294 e. The molecule has 1 heterocycles. The fraction of sp³-hybridized carbons (Fsp3) is 0.207.